The largest absolute Gasteiger partial charge is 0.460 e. The van der Waals surface area contributed by atoms with Crippen molar-refractivity contribution in [3.05, 3.63) is 52.0 Å². The van der Waals surface area contributed by atoms with E-state index in [1.165, 1.54) is 14.0 Å². The van der Waals surface area contributed by atoms with Gasteiger partial charge in [-0.2, -0.15) is 0 Å². The number of amides is 2. The molecule has 3 aromatic rings. The zero-order chi connectivity index (χ0) is 24.7. The van der Waals surface area contributed by atoms with Crippen molar-refractivity contribution in [2.75, 3.05) is 32.2 Å². The summed E-state index contributed by atoms with van der Waals surface area (Å²) in [6, 6.07) is 7.74. The van der Waals surface area contributed by atoms with Crippen LogP contribution >= 0.6 is 11.3 Å². The summed E-state index contributed by atoms with van der Waals surface area (Å²) in [4.78, 5) is 51.9. The zero-order valence-electron chi connectivity index (χ0n) is 18.8. The number of thiophene rings is 1. The number of para-hydroxylation sites is 1. The lowest BCUT2D eigenvalue weighted by atomic mass is 10.1. The summed E-state index contributed by atoms with van der Waals surface area (Å²) in [5.74, 6) is -2.68. The standard InChI is InChI=1S/C23H25N3O7S/c1-13-19(23(30)32-10-9-31-2)22(34-20(13)21(24)29)26-17(27)12-33-18(28)8-7-14-11-25-16-6-4-3-5-15(14)16/h3-6,11,25H,7-10,12H2,1-2H3,(H2,24,29)(H,26,27). The number of esters is 2. The first-order valence-corrected chi connectivity index (χ1v) is 11.2. The van der Waals surface area contributed by atoms with Gasteiger partial charge in [0, 0.05) is 30.6 Å². The topological polar surface area (TPSA) is 150 Å². The van der Waals surface area contributed by atoms with Gasteiger partial charge in [0.05, 0.1) is 17.0 Å². The molecular formula is C23H25N3O7S. The fourth-order valence-electron chi connectivity index (χ4n) is 3.33. The Kier molecular flexibility index (Phi) is 8.39. The minimum Gasteiger partial charge on any atom is -0.460 e. The Morgan fingerprint density at radius 2 is 1.88 bits per heavy atom. The maximum atomic E-state index is 12.5. The number of carbonyl (C=O) groups excluding carboxylic acids is 4. The zero-order valence-corrected chi connectivity index (χ0v) is 19.6. The van der Waals surface area contributed by atoms with Gasteiger partial charge in [0.15, 0.2) is 6.61 Å². The Labute approximate surface area is 199 Å². The molecule has 0 spiro atoms. The van der Waals surface area contributed by atoms with Crippen LogP contribution in [0.25, 0.3) is 10.9 Å². The number of anilines is 1. The normalized spacial score (nSPS) is 10.8. The van der Waals surface area contributed by atoms with Crippen molar-refractivity contribution in [1.29, 1.82) is 0 Å². The number of hydrogen-bond donors (Lipinski definition) is 3. The van der Waals surface area contributed by atoms with Crippen molar-refractivity contribution in [2.24, 2.45) is 5.73 Å². The molecule has 180 valence electrons. The van der Waals surface area contributed by atoms with E-state index in [1.807, 2.05) is 30.5 Å². The van der Waals surface area contributed by atoms with Gasteiger partial charge in [-0.1, -0.05) is 18.2 Å². The van der Waals surface area contributed by atoms with Gasteiger partial charge >= 0.3 is 11.9 Å². The summed E-state index contributed by atoms with van der Waals surface area (Å²) in [7, 11) is 1.46. The average Bonchev–Trinajstić information content (AvgIpc) is 3.37. The molecule has 0 aliphatic heterocycles. The number of methoxy groups -OCH3 is 1. The van der Waals surface area contributed by atoms with E-state index < -0.39 is 30.4 Å². The smallest absolute Gasteiger partial charge is 0.341 e. The van der Waals surface area contributed by atoms with Crippen LogP contribution in [0, 0.1) is 6.92 Å². The SMILES string of the molecule is COCCOC(=O)c1c(NC(=O)COC(=O)CCc2c[nH]c3ccccc23)sc(C(N)=O)c1C. The summed E-state index contributed by atoms with van der Waals surface area (Å²) in [5.41, 5.74) is 7.64. The molecular weight excluding hydrogens is 462 g/mol. The number of benzene rings is 1. The summed E-state index contributed by atoms with van der Waals surface area (Å²) < 4.78 is 15.0. The Balaban J connectivity index is 1.58. The molecule has 0 saturated carbocycles. The quantitative estimate of drug-likeness (QED) is 0.278. The van der Waals surface area contributed by atoms with Gasteiger partial charge in [-0.25, -0.2) is 4.79 Å². The first kappa shape index (κ1) is 24.9. The van der Waals surface area contributed by atoms with Crippen LogP contribution in [0.3, 0.4) is 0 Å². The predicted molar refractivity (Wildman–Crippen MR) is 126 cm³/mol. The number of fused-ring (bicyclic) bond motifs is 1. The number of hydrogen-bond acceptors (Lipinski definition) is 8. The second-order valence-electron chi connectivity index (χ2n) is 7.32. The van der Waals surface area contributed by atoms with Gasteiger partial charge in [-0.15, -0.1) is 11.3 Å². The molecule has 0 radical (unpaired) electrons. The second kappa shape index (κ2) is 11.4. The number of primary amides is 1. The third-order valence-electron chi connectivity index (χ3n) is 4.99. The van der Waals surface area contributed by atoms with E-state index in [1.54, 1.807) is 0 Å². The van der Waals surface area contributed by atoms with Crippen molar-refractivity contribution < 1.29 is 33.4 Å². The van der Waals surface area contributed by atoms with Crippen LogP contribution in [-0.4, -0.2) is 55.7 Å². The second-order valence-corrected chi connectivity index (χ2v) is 8.34. The summed E-state index contributed by atoms with van der Waals surface area (Å²) in [6.07, 6.45) is 2.39. The molecule has 34 heavy (non-hydrogen) atoms. The number of carbonyl (C=O) groups is 4. The highest BCUT2D eigenvalue weighted by Gasteiger charge is 2.26. The van der Waals surface area contributed by atoms with Crippen molar-refractivity contribution in [3.8, 4) is 0 Å². The highest BCUT2D eigenvalue weighted by atomic mass is 32.1. The van der Waals surface area contributed by atoms with Gasteiger partial charge in [-0.3, -0.25) is 14.4 Å². The Bertz CT molecular complexity index is 1210. The molecule has 10 nitrogen and oxygen atoms in total. The monoisotopic (exact) mass is 487 g/mol. The molecule has 0 unspecified atom stereocenters. The number of nitrogens with two attached hydrogens (primary N) is 1. The highest BCUT2D eigenvalue weighted by molar-refractivity contribution is 7.18. The maximum Gasteiger partial charge on any atom is 0.341 e. The molecule has 0 atom stereocenters. The number of aromatic amines is 1. The molecule has 0 bridgehead atoms. The Morgan fingerprint density at radius 3 is 2.62 bits per heavy atom. The van der Waals surface area contributed by atoms with E-state index in [0.717, 1.165) is 27.8 Å². The van der Waals surface area contributed by atoms with Gasteiger partial charge in [0.25, 0.3) is 11.8 Å². The van der Waals surface area contributed by atoms with Crippen LogP contribution in [0.2, 0.25) is 0 Å². The molecule has 11 heteroatoms. The predicted octanol–water partition coefficient (Wildman–Crippen LogP) is 2.55. The third kappa shape index (κ3) is 6.00. The van der Waals surface area contributed by atoms with Crippen molar-refractivity contribution in [1.82, 2.24) is 4.98 Å². The molecule has 3 rings (SSSR count). The van der Waals surface area contributed by atoms with Crippen LogP contribution in [-0.2, 0) is 30.2 Å². The average molecular weight is 488 g/mol. The first-order valence-electron chi connectivity index (χ1n) is 10.4. The summed E-state index contributed by atoms with van der Waals surface area (Å²) in [6.45, 7) is 1.17. The molecule has 4 N–H and O–H groups in total. The fourth-order valence-corrected chi connectivity index (χ4v) is 4.39. The molecule has 1 aromatic carbocycles. The number of H-pyrrole nitrogens is 1. The maximum absolute atomic E-state index is 12.5. The minimum absolute atomic E-state index is 0.00203. The van der Waals surface area contributed by atoms with E-state index >= 15 is 0 Å². The van der Waals surface area contributed by atoms with Gasteiger partial charge in [-0.05, 0) is 30.5 Å². The first-order chi connectivity index (χ1) is 16.3. The van der Waals surface area contributed by atoms with Crippen molar-refractivity contribution in [2.45, 2.75) is 19.8 Å². The van der Waals surface area contributed by atoms with Crippen LogP contribution in [0.15, 0.2) is 30.5 Å². The van der Waals surface area contributed by atoms with E-state index in [2.05, 4.69) is 10.3 Å². The highest BCUT2D eigenvalue weighted by Crippen LogP contribution is 2.33. The summed E-state index contributed by atoms with van der Waals surface area (Å²) >= 11 is 0.851. The van der Waals surface area contributed by atoms with Crippen LogP contribution < -0.4 is 11.1 Å². The minimum atomic E-state index is -0.738. The molecule has 2 heterocycles. The molecule has 2 amide bonds. The van der Waals surface area contributed by atoms with E-state index in [-0.39, 0.29) is 35.1 Å². The number of aryl methyl sites for hydroxylation is 1. The van der Waals surface area contributed by atoms with Gasteiger partial charge in [0.1, 0.15) is 11.6 Å². The number of nitrogens with one attached hydrogen (secondary N) is 2. The number of rotatable bonds is 11. The van der Waals surface area contributed by atoms with Crippen LogP contribution in [0.1, 0.15) is 37.6 Å². The molecule has 0 saturated heterocycles. The third-order valence-corrected chi connectivity index (χ3v) is 6.21. The number of aromatic nitrogens is 1. The van der Waals surface area contributed by atoms with E-state index in [4.69, 9.17) is 19.9 Å². The lowest BCUT2D eigenvalue weighted by Crippen LogP contribution is -2.22. The van der Waals surface area contributed by atoms with Gasteiger partial charge in [0.2, 0.25) is 0 Å². The number of ether oxygens (including phenoxy) is 3. The Morgan fingerprint density at radius 1 is 1.12 bits per heavy atom. The van der Waals surface area contributed by atoms with Gasteiger partial charge < -0.3 is 30.2 Å². The van der Waals surface area contributed by atoms with E-state index in [0.29, 0.717) is 12.0 Å². The Hall–Kier alpha value is -3.70. The van der Waals surface area contributed by atoms with E-state index in [9.17, 15) is 19.2 Å². The lowest BCUT2D eigenvalue weighted by molar-refractivity contribution is -0.147. The van der Waals surface area contributed by atoms with Crippen LogP contribution in [0.5, 0.6) is 0 Å². The molecule has 0 aliphatic carbocycles. The molecule has 0 fully saturated rings. The lowest BCUT2D eigenvalue weighted by Gasteiger charge is -2.08. The van der Waals surface area contributed by atoms with Crippen molar-refractivity contribution in [3.63, 3.8) is 0 Å². The molecule has 0 aliphatic rings. The van der Waals surface area contributed by atoms with Crippen LogP contribution in [0.4, 0.5) is 5.00 Å². The van der Waals surface area contributed by atoms with Crippen molar-refractivity contribution >= 4 is 51.0 Å². The molecule has 2 aromatic heterocycles. The summed E-state index contributed by atoms with van der Waals surface area (Å²) in [5, 5.41) is 3.62. The fraction of sp³-hybridized carbons (Fsp3) is 0.304.